The zero-order valence-electron chi connectivity index (χ0n) is 9.98. The molecule has 0 heterocycles. The van der Waals surface area contributed by atoms with E-state index in [2.05, 4.69) is 5.32 Å². The van der Waals surface area contributed by atoms with Crippen molar-refractivity contribution in [2.45, 2.75) is 6.04 Å². The summed E-state index contributed by atoms with van der Waals surface area (Å²) in [6.07, 6.45) is 0. The third kappa shape index (κ3) is 3.59. The third-order valence-corrected chi connectivity index (χ3v) is 2.89. The number of hydrogen-bond donors (Lipinski definition) is 3. The number of rotatable bonds is 4. The summed E-state index contributed by atoms with van der Waals surface area (Å²) in [5.41, 5.74) is 1.16. The lowest BCUT2D eigenvalue weighted by molar-refractivity contribution is 0.276. The predicted octanol–water partition coefficient (Wildman–Crippen LogP) is 3.33. The van der Waals surface area contributed by atoms with Gasteiger partial charge >= 0.3 is 0 Å². The second-order valence-electron chi connectivity index (χ2n) is 4.13. The van der Waals surface area contributed by atoms with Gasteiger partial charge in [0, 0.05) is 16.8 Å². The van der Waals surface area contributed by atoms with Crippen LogP contribution in [0, 0.1) is 5.82 Å². The number of phenols is 1. The van der Waals surface area contributed by atoms with Crippen LogP contribution in [0.4, 0.5) is 10.1 Å². The van der Waals surface area contributed by atoms with E-state index in [1.807, 2.05) is 0 Å². The maximum atomic E-state index is 13.2. The lowest BCUT2D eigenvalue weighted by Gasteiger charge is -2.18. The molecule has 19 heavy (non-hydrogen) atoms. The van der Waals surface area contributed by atoms with Gasteiger partial charge in [-0.05, 0) is 35.9 Å². The lowest BCUT2D eigenvalue weighted by atomic mass is 10.1. The molecule has 0 aliphatic carbocycles. The molecule has 0 spiro atoms. The largest absolute Gasteiger partial charge is 0.508 e. The quantitative estimate of drug-likeness (QED) is 0.806. The molecular weight excluding hydrogens is 269 g/mol. The van der Waals surface area contributed by atoms with Crippen LogP contribution in [0.2, 0.25) is 5.02 Å². The summed E-state index contributed by atoms with van der Waals surface area (Å²) in [5.74, 6) is -0.734. The number of halogens is 2. The Morgan fingerprint density at radius 2 is 2.00 bits per heavy atom. The van der Waals surface area contributed by atoms with E-state index in [-0.39, 0.29) is 12.4 Å². The van der Waals surface area contributed by atoms with Gasteiger partial charge in [-0.2, -0.15) is 0 Å². The van der Waals surface area contributed by atoms with Gasteiger partial charge in [-0.1, -0.05) is 17.7 Å². The summed E-state index contributed by atoms with van der Waals surface area (Å²) in [6, 6.07) is 10.1. The molecule has 100 valence electrons. The molecule has 0 saturated carbocycles. The second-order valence-corrected chi connectivity index (χ2v) is 4.57. The summed E-state index contributed by atoms with van der Waals surface area (Å²) in [6.45, 7) is -0.241. The number of phenolic OH excluding ortho intramolecular Hbond substituents is 1. The Kier molecular flexibility index (Phi) is 4.24. The van der Waals surface area contributed by atoms with Crippen molar-refractivity contribution in [1.82, 2.24) is 0 Å². The number of hydrogen-bond acceptors (Lipinski definition) is 3. The van der Waals surface area contributed by atoms with Crippen LogP contribution in [0.5, 0.6) is 5.75 Å². The number of aliphatic hydroxyl groups is 1. The maximum Gasteiger partial charge on any atom is 0.127 e. The number of nitrogens with one attached hydrogen (secondary N) is 1. The lowest BCUT2D eigenvalue weighted by Crippen LogP contribution is -2.15. The Bertz CT molecular complexity index is 557. The van der Waals surface area contributed by atoms with Crippen molar-refractivity contribution in [1.29, 1.82) is 0 Å². The zero-order valence-corrected chi connectivity index (χ0v) is 10.7. The molecule has 0 saturated heterocycles. The van der Waals surface area contributed by atoms with Crippen LogP contribution in [0.1, 0.15) is 11.6 Å². The Hall–Kier alpha value is -1.78. The summed E-state index contributed by atoms with van der Waals surface area (Å²) < 4.78 is 13.2. The summed E-state index contributed by atoms with van der Waals surface area (Å²) in [5, 5.41) is 22.4. The Balaban J connectivity index is 2.24. The molecule has 2 aromatic rings. The van der Waals surface area contributed by atoms with E-state index in [0.29, 0.717) is 16.3 Å². The van der Waals surface area contributed by atoms with E-state index in [9.17, 15) is 14.6 Å². The molecule has 0 fully saturated rings. The molecule has 0 aliphatic heterocycles. The first-order chi connectivity index (χ1) is 9.08. The van der Waals surface area contributed by atoms with Gasteiger partial charge in [0.25, 0.3) is 0 Å². The van der Waals surface area contributed by atoms with Crippen molar-refractivity contribution in [3.63, 3.8) is 0 Å². The average Bonchev–Trinajstić information content (AvgIpc) is 2.34. The van der Waals surface area contributed by atoms with Crippen molar-refractivity contribution in [2.24, 2.45) is 0 Å². The van der Waals surface area contributed by atoms with Crippen molar-refractivity contribution in [3.8, 4) is 5.75 Å². The number of benzene rings is 2. The standard InChI is InChI=1S/C14H13ClFNO2/c15-10-2-1-3-12(6-10)17-14(8-18)9-4-11(16)7-13(19)5-9/h1-7,14,17-19H,8H2. The van der Waals surface area contributed by atoms with Crippen molar-refractivity contribution in [2.75, 3.05) is 11.9 Å². The summed E-state index contributed by atoms with van der Waals surface area (Å²) >= 11 is 5.87. The molecule has 0 radical (unpaired) electrons. The fourth-order valence-corrected chi connectivity index (χ4v) is 2.00. The summed E-state index contributed by atoms with van der Waals surface area (Å²) in [4.78, 5) is 0. The van der Waals surface area contributed by atoms with Crippen LogP contribution in [0.3, 0.4) is 0 Å². The van der Waals surface area contributed by atoms with E-state index in [1.165, 1.54) is 12.1 Å². The average molecular weight is 282 g/mol. The molecule has 2 aromatic carbocycles. The second kappa shape index (κ2) is 5.91. The third-order valence-electron chi connectivity index (χ3n) is 2.66. The van der Waals surface area contributed by atoms with E-state index >= 15 is 0 Å². The molecule has 0 bridgehead atoms. The SMILES string of the molecule is OCC(Nc1cccc(Cl)c1)c1cc(O)cc(F)c1. The van der Waals surface area contributed by atoms with Crippen LogP contribution in [-0.2, 0) is 0 Å². The Morgan fingerprint density at radius 3 is 2.63 bits per heavy atom. The zero-order chi connectivity index (χ0) is 13.8. The fourth-order valence-electron chi connectivity index (χ4n) is 1.81. The van der Waals surface area contributed by atoms with Crippen molar-refractivity contribution in [3.05, 3.63) is 58.9 Å². The van der Waals surface area contributed by atoms with Crippen LogP contribution in [0.15, 0.2) is 42.5 Å². The molecular formula is C14H13ClFNO2. The monoisotopic (exact) mass is 281 g/mol. The van der Waals surface area contributed by atoms with E-state index < -0.39 is 11.9 Å². The minimum absolute atomic E-state index is 0.179. The number of anilines is 1. The van der Waals surface area contributed by atoms with Crippen LogP contribution in [-0.4, -0.2) is 16.8 Å². The molecule has 3 nitrogen and oxygen atoms in total. The normalized spacial score (nSPS) is 12.2. The van der Waals surface area contributed by atoms with Gasteiger partial charge in [-0.3, -0.25) is 0 Å². The minimum Gasteiger partial charge on any atom is -0.508 e. The summed E-state index contributed by atoms with van der Waals surface area (Å²) in [7, 11) is 0. The van der Waals surface area contributed by atoms with Crippen molar-refractivity contribution >= 4 is 17.3 Å². The molecule has 0 aromatic heterocycles. The van der Waals surface area contributed by atoms with Gasteiger partial charge in [0.1, 0.15) is 11.6 Å². The first kappa shape index (κ1) is 13.6. The highest BCUT2D eigenvalue weighted by Crippen LogP contribution is 2.25. The van der Waals surface area contributed by atoms with E-state index in [1.54, 1.807) is 24.3 Å². The highest BCUT2D eigenvalue weighted by atomic mass is 35.5. The Morgan fingerprint density at radius 1 is 1.21 bits per heavy atom. The van der Waals surface area contributed by atoms with Gasteiger partial charge in [-0.15, -0.1) is 0 Å². The molecule has 0 amide bonds. The number of aliphatic hydroxyl groups excluding tert-OH is 1. The predicted molar refractivity (Wildman–Crippen MR) is 73.0 cm³/mol. The highest BCUT2D eigenvalue weighted by molar-refractivity contribution is 6.30. The fraction of sp³-hybridized carbons (Fsp3) is 0.143. The van der Waals surface area contributed by atoms with Gasteiger partial charge in [0.05, 0.1) is 12.6 Å². The van der Waals surface area contributed by atoms with Gasteiger partial charge in [0.15, 0.2) is 0 Å². The van der Waals surface area contributed by atoms with Crippen LogP contribution >= 0.6 is 11.6 Å². The topological polar surface area (TPSA) is 52.5 Å². The minimum atomic E-state index is -0.554. The molecule has 1 unspecified atom stereocenters. The smallest absolute Gasteiger partial charge is 0.127 e. The van der Waals surface area contributed by atoms with E-state index in [4.69, 9.17) is 11.6 Å². The molecule has 3 N–H and O–H groups in total. The molecule has 1 atom stereocenters. The molecule has 5 heteroatoms. The highest BCUT2D eigenvalue weighted by Gasteiger charge is 2.12. The number of aromatic hydroxyl groups is 1. The van der Waals surface area contributed by atoms with Crippen LogP contribution in [0.25, 0.3) is 0 Å². The molecule has 0 aliphatic rings. The van der Waals surface area contributed by atoms with E-state index in [0.717, 1.165) is 6.07 Å². The Labute approximate surface area is 115 Å². The van der Waals surface area contributed by atoms with Gasteiger partial charge in [0.2, 0.25) is 0 Å². The molecule has 2 rings (SSSR count). The maximum absolute atomic E-state index is 13.2. The van der Waals surface area contributed by atoms with Gasteiger partial charge < -0.3 is 15.5 Å². The first-order valence-electron chi connectivity index (χ1n) is 5.71. The van der Waals surface area contributed by atoms with Crippen molar-refractivity contribution < 1.29 is 14.6 Å². The van der Waals surface area contributed by atoms with Gasteiger partial charge in [-0.25, -0.2) is 4.39 Å². The first-order valence-corrected chi connectivity index (χ1v) is 6.08. The van der Waals surface area contributed by atoms with Crippen LogP contribution < -0.4 is 5.32 Å².